The molecule has 94 valence electrons. The van der Waals surface area contributed by atoms with Gasteiger partial charge in [-0.05, 0) is 19.1 Å². The summed E-state index contributed by atoms with van der Waals surface area (Å²) in [4.78, 5) is 12.9. The highest BCUT2D eigenvalue weighted by molar-refractivity contribution is 5.81. The van der Waals surface area contributed by atoms with Crippen LogP contribution in [0, 0.1) is 5.82 Å². The Morgan fingerprint density at radius 1 is 1.59 bits per heavy atom. The molecule has 0 spiro atoms. The molecule has 0 aliphatic carbocycles. The van der Waals surface area contributed by atoms with Gasteiger partial charge >= 0.3 is 0 Å². The van der Waals surface area contributed by atoms with Crippen molar-refractivity contribution in [2.75, 3.05) is 25.5 Å². The lowest BCUT2D eigenvalue weighted by Crippen LogP contribution is -2.33. The molecule has 1 atom stereocenters. The van der Waals surface area contributed by atoms with E-state index >= 15 is 0 Å². The molecule has 1 rings (SSSR count). The molecular formula is C12H17FN2O2. The van der Waals surface area contributed by atoms with Crippen LogP contribution < -0.4 is 10.2 Å². The number of amides is 1. The molecule has 5 heteroatoms. The Balaban J connectivity index is 3.04. The largest absolute Gasteiger partial charge is 0.389 e. The number of carbonyl (C=O) groups excluding carboxylic acids is 1. The maximum Gasteiger partial charge on any atom is 0.239 e. The number of rotatable bonds is 4. The van der Waals surface area contributed by atoms with E-state index in [1.54, 1.807) is 24.1 Å². The summed E-state index contributed by atoms with van der Waals surface area (Å²) in [6.45, 7) is 1.61. The maximum atomic E-state index is 13.6. The monoisotopic (exact) mass is 240 g/mol. The first-order valence-electron chi connectivity index (χ1n) is 5.35. The molecule has 0 heterocycles. The van der Waals surface area contributed by atoms with Crippen LogP contribution in [0.5, 0.6) is 0 Å². The van der Waals surface area contributed by atoms with Crippen LogP contribution in [0.3, 0.4) is 0 Å². The van der Waals surface area contributed by atoms with Crippen molar-refractivity contribution in [2.24, 2.45) is 0 Å². The van der Waals surface area contributed by atoms with Crippen molar-refractivity contribution >= 4 is 11.6 Å². The molecule has 0 unspecified atom stereocenters. The number of aliphatic hydroxyl groups excluding tert-OH is 1. The highest BCUT2D eigenvalue weighted by Crippen LogP contribution is 2.27. The predicted molar refractivity (Wildman–Crippen MR) is 64.4 cm³/mol. The van der Waals surface area contributed by atoms with Crippen LogP contribution in [0.2, 0.25) is 0 Å². The highest BCUT2D eigenvalue weighted by Gasteiger charge is 2.17. The van der Waals surface area contributed by atoms with E-state index in [1.165, 1.54) is 20.0 Å². The number of hydrogen-bond donors (Lipinski definition) is 2. The van der Waals surface area contributed by atoms with Gasteiger partial charge in [-0.15, -0.1) is 0 Å². The molecule has 0 saturated heterocycles. The Morgan fingerprint density at radius 3 is 2.76 bits per heavy atom. The third-order valence-electron chi connectivity index (χ3n) is 2.52. The number of nitrogens with zero attached hydrogens (tertiary/aromatic N) is 1. The van der Waals surface area contributed by atoms with Crippen molar-refractivity contribution in [1.82, 2.24) is 5.32 Å². The van der Waals surface area contributed by atoms with E-state index in [1.807, 2.05) is 0 Å². The SMILES string of the molecule is CNC(=O)CN(C)c1cccc(F)c1[C@H](C)O. The van der Waals surface area contributed by atoms with E-state index in [9.17, 15) is 14.3 Å². The molecule has 17 heavy (non-hydrogen) atoms. The molecule has 0 bridgehead atoms. The lowest BCUT2D eigenvalue weighted by molar-refractivity contribution is -0.119. The molecule has 0 aromatic heterocycles. The minimum absolute atomic E-state index is 0.111. The summed E-state index contributed by atoms with van der Waals surface area (Å²) in [5, 5.41) is 12.1. The minimum Gasteiger partial charge on any atom is -0.389 e. The van der Waals surface area contributed by atoms with Gasteiger partial charge in [-0.2, -0.15) is 0 Å². The van der Waals surface area contributed by atoms with Gasteiger partial charge in [-0.1, -0.05) is 6.07 Å². The van der Waals surface area contributed by atoms with E-state index < -0.39 is 11.9 Å². The van der Waals surface area contributed by atoms with Gasteiger partial charge in [0.15, 0.2) is 0 Å². The van der Waals surface area contributed by atoms with Crippen LogP contribution in [0.4, 0.5) is 10.1 Å². The van der Waals surface area contributed by atoms with Crippen molar-refractivity contribution in [3.05, 3.63) is 29.6 Å². The number of halogens is 1. The fourth-order valence-corrected chi connectivity index (χ4v) is 1.65. The van der Waals surface area contributed by atoms with Gasteiger partial charge in [0.2, 0.25) is 5.91 Å². The topological polar surface area (TPSA) is 52.6 Å². The summed E-state index contributed by atoms with van der Waals surface area (Å²) in [5.41, 5.74) is 0.725. The van der Waals surface area contributed by atoms with Gasteiger partial charge in [-0.3, -0.25) is 4.79 Å². The number of likely N-dealkylation sites (N-methyl/N-ethyl adjacent to an activating group) is 2. The summed E-state index contributed by atoms with van der Waals surface area (Å²) >= 11 is 0. The first-order valence-corrected chi connectivity index (χ1v) is 5.35. The van der Waals surface area contributed by atoms with E-state index in [-0.39, 0.29) is 18.0 Å². The van der Waals surface area contributed by atoms with Gasteiger partial charge in [0.1, 0.15) is 5.82 Å². The third kappa shape index (κ3) is 3.17. The Hall–Kier alpha value is -1.62. The van der Waals surface area contributed by atoms with Crippen molar-refractivity contribution in [3.8, 4) is 0 Å². The molecule has 0 fully saturated rings. The minimum atomic E-state index is -0.918. The highest BCUT2D eigenvalue weighted by atomic mass is 19.1. The zero-order valence-electron chi connectivity index (χ0n) is 10.2. The lowest BCUT2D eigenvalue weighted by atomic mass is 10.1. The molecule has 4 nitrogen and oxygen atoms in total. The smallest absolute Gasteiger partial charge is 0.239 e. The summed E-state index contributed by atoms with van der Waals surface area (Å²) in [7, 11) is 3.22. The normalized spacial score (nSPS) is 12.1. The van der Waals surface area contributed by atoms with Gasteiger partial charge in [0, 0.05) is 25.3 Å². The van der Waals surface area contributed by atoms with E-state index in [2.05, 4.69) is 5.32 Å². The Kier molecular flexibility index (Phi) is 4.45. The number of carbonyl (C=O) groups is 1. The van der Waals surface area contributed by atoms with E-state index in [0.717, 1.165) is 0 Å². The number of nitrogens with one attached hydrogen (secondary N) is 1. The Labute approximate surface area is 100 Å². The van der Waals surface area contributed by atoms with Crippen LogP contribution in [-0.4, -0.2) is 31.7 Å². The van der Waals surface area contributed by atoms with Gasteiger partial charge in [-0.25, -0.2) is 4.39 Å². The second-order valence-corrected chi connectivity index (χ2v) is 3.88. The number of anilines is 1. The first-order chi connectivity index (χ1) is 7.97. The fraction of sp³-hybridized carbons (Fsp3) is 0.417. The molecule has 0 radical (unpaired) electrons. The fourth-order valence-electron chi connectivity index (χ4n) is 1.65. The molecule has 1 aromatic carbocycles. The number of aliphatic hydroxyl groups is 1. The van der Waals surface area contributed by atoms with Crippen molar-refractivity contribution in [3.63, 3.8) is 0 Å². The second-order valence-electron chi connectivity index (χ2n) is 3.88. The van der Waals surface area contributed by atoms with Crippen molar-refractivity contribution in [1.29, 1.82) is 0 Å². The van der Waals surface area contributed by atoms with Crippen LogP contribution in [0.1, 0.15) is 18.6 Å². The maximum absolute atomic E-state index is 13.6. The van der Waals surface area contributed by atoms with Gasteiger partial charge in [0.25, 0.3) is 0 Å². The van der Waals surface area contributed by atoms with Crippen molar-refractivity contribution in [2.45, 2.75) is 13.0 Å². The van der Waals surface area contributed by atoms with Crippen LogP contribution in [0.15, 0.2) is 18.2 Å². The molecule has 0 saturated carbocycles. The third-order valence-corrected chi connectivity index (χ3v) is 2.52. The lowest BCUT2D eigenvalue weighted by Gasteiger charge is -2.23. The van der Waals surface area contributed by atoms with E-state index in [4.69, 9.17) is 0 Å². The van der Waals surface area contributed by atoms with Gasteiger partial charge < -0.3 is 15.3 Å². The zero-order chi connectivity index (χ0) is 13.0. The number of benzene rings is 1. The van der Waals surface area contributed by atoms with Crippen LogP contribution >= 0.6 is 0 Å². The molecule has 0 aliphatic rings. The Bertz CT molecular complexity index is 407. The van der Waals surface area contributed by atoms with E-state index in [0.29, 0.717) is 5.69 Å². The average Bonchev–Trinajstić information content (AvgIpc) is 2.27. The van der Waals surface area contributed by atoms with Crippen LogP contribution in [0.25, 0.3) is 0 Å². The second kappa shape index (κ2) is 5.63. The quantitative estimate of drug-likeness (QED) is 0.827. The standard InChI is InChI=1S/C12H17FN2O2/c1-8(16)12-9(13)5-4-6-10(12)15(3)7-11(17)14-2/h4-6,8,16H,7H2,1-3H3,(H,14,17)/t8-/m0/s1. The summed E-state index contributed by atoms with van der Waals surface area (Å²) in [6.07, 6.45) is -0.918. The number of hydrogen-bond acceptors (Lipinski definition) is 3. The Morgan fingerprint density at radius 2 is 2.24 bits per heavy atom. The molecule has 0 aliphatic heterocycles. The molecular weight excluding hydrogens is 223 g/mol. The van der Waals surface area contributed by atoms with Crippen LogP contribution in [-0.2, 0) is 4.79 Å². The summed E-state index contributed by atoms with van der Waals surface area (Å²) < 4.78 is 13.6. The molecule has 1 amide bonds. The van der Waals surface area contributed by atoms with Crippen molar-refractivity contribution < 1.29 is 14.3 Å². The summed E-state index contributed by atoms with van der Waals surface area (Å²) in [5.74, 6) is -0.644. The molecule has 2 N–H and O–H groups in total. The first kappa shape index (κ1) is 13.4. The predicted octanol–water partition coefficient (Wildman–Crippen LogP) is 1.06. The summed E-state index contributed by atoms with van der Waals surface area (Å²) in [6, 6.07) is 4.52. The zero-order valence-corrected chi connectivity index (χ0v) is 10.2. The van der Waals surface area contributed by atoms with Gasteiger partial charge in [0.05, 0.1) is 12.6 Å². The average molecular weight is 240 g/mol. The molecule has 1 aromatic rings.